The maximum Gasteiger partial charge on any atom is 0.343 e. The Labute approximate surface area is 187 Å². The second kappa shape index (κ2) is 13.5. The van der Waals surface area contributed by atoms with E-state index < -0.39 is 9.85 Å². The van der Waals surface area contributed by atoms with Crippen LogP contribution in [0.4, 0.5) is 11.6 Å². The van der Waals surface area contributed by atoms with Crippen LogP contribution in [-0.4, -0.2) is 56.0 Å². The molecule has 4 N–H and O–H groups in total. The topological polar surface area (TPSA) is 168 Å². The third-order valence-electron chi connectivity index (χ3n) is 5.15. The highest BCUT2D eigenvalue weighted by atomic mass is 16.6. The Hall–Kier alpha value is -2.86. The van der Waals surface area contributed by atoms with Gasteiger partial charge in [-0.2, -0.15) is 0 Å². The SMILES string of the molecule is Cc1nc(CCNCCCCCCCCNCCc2nc(C)[nH]c2[N+](=O)[O-])c([N+](=O)[O-])[nH]1. The number of H-pyrrole nitrogens is 2. The van der Waals surface area contributed by atoms with Gasteiger partial charge in [0.15, 0.2) is 11.6 Å². The van der Waals surface area contributed by atoms with Crippen LogP contribution in [0, 0.1) is 34.1 Å². The van der Waals surface area contributed by atoms with Crippen LogP contribution in [0.15, 0.2) is 0 Å². The average Bonchev–Trinajstić information content (AvgIpc) is 3.30. The van der Waals surface area contributed by atoms with E-state index in [9.17, 15) is 20.2 Å². The van der Waals surface area contributed by atoms with E-state index in [1.165, 1.54) is 12.8 Å². The Morgan fingerprint density at radius 3 is 1.44 bits per heavy atom. The third kappa shape index (κ3) is 8.71. The third-order valence-corrected chi connectivity index (χ3v) is 5.15. The van der Waals surface area contributed by atoms with Gasteiger partial charge in [-0.1, -0.05) is 25.7 Å². The summed E-state index contributed by atoms with van der Waals surface area (Å²) in [7, 11) is 0. The molecule has 2 aromatic heterocycles. The van der Waals surface area contributed by atoms with Gasteiger partial charge in [0.25, 0.3) is 0 Å². The normalized spacial score (nSPS) is 11.2. The van der Waals surface area contributed by atoms with Crippen LogP contribution in [0.1, 0.15) is 61.6 Å². The number of aromatic nitrogens is 4. The lowest BCUT2D eigenvalue weighted by Gasteiger charge is -2.05. The number of nitrogens with one attached hydrogen (secondary N) is 4. The Balaban J connectivity index is 1.40. The fourth-order valence-electron chi connectivity index (χ4n) is 3.58. The van der Waals surface area contributed by atoms with Gasteiger partial charge in [-0.05, 0) is 35.8 Å². The molecule has 12 nitrogen and oxygen atoms in total. The fraction of sp³-hybridized carbons (Fsp3) is 0.700. The molecule has 0 fully saturated rings. The van der Waals surface area contributed by atoms with Gasteiger partial charge in [-0.25, -0.2) is 19.9 Å². The Bertz CT molecular complexity index is 794. The zero-order chi connectivity index (χ0) is 23.3. The summed E-state index contributed by atoms with van der Waals surface area (Å²) in [6.45, 7) is 6.59. The first kappa shape index (κ1) is 25.4. The molecule has 0 spiro atoms. The van der Waals surface area contributed by atoms with Crippen LogP contribution < -0.4 is 10.6 Å². The second-order valence-corrected chi connectivity index (χ2v) is 7.87. The summed E-state index contributed by atoms with van der Waals surface area (Å²) in [5.74, 6) is 1.13. The van der Waals surface area contributed by atoms with Gasteiger partial charge in [0.2, 0.25) is 0 Å². The maximum atomic E-state index is 10.9. The van der Waals surface area contributed by atoms with E-state index in [1.807, 2.05) is 0 Å². The second-order valence-electron chi connectivity index (χ2n) is 7.87. The molecule has 0 aliphatic carbocycles. The first-order valence-corrected chi connectivity index (χ1v) is 11.2. The maximum absolute atomic E-state index is 10.9. The van der Waals surface area contributed by atoms with Gasteiger partial charge in [-0.15, -0.1) is 0 Å². The molecule has 0 atom stereocenters. The molecule has 178 valence electrons. The van der Waals surface area contributed by atoms with Crippen molar-refractivity contribution in [2.45, 2.75) is 65.2 Å². The van der Waals surface area contributed by atoms with Crippen molar-refractivity contribution in [1.82, 2.24) is 30.6 Å². The zero-order valence-corrected chi connectivity index (χ0v) is 18.9. The highest BCUT2D eigenvalue weighted by Crippen LogP contribution is 2.15. The average molecular weight is 451 g/mol. The summed E-state index contributed by atoms with van der Waals surface area (Å²) in [6, 6.07) is 0. The van der Waals surface area contributed by atoms with Crippen molar-refractivity contribution in [2.24, 2.45) is 0 Å². The monoisotopic (exact) mass is 450 g/mol. The predicted molar refractivity (Wildman–Crippen MR) is 121 cm³/mol. The number of hydrogen-bond acceptors (Lipinski definition) is 8. The Morgan fingerprint density at radius 1 is 0.688 bits per heavy atom. The summed E-state index contributed by atoms with van der Waals surface area (Å²) in [6.07, 6.45) is 7.94. The lowest BCUT2D eigenvalue weighted by molar-refractivity contribution is -0.390. The summed E-state index contributed by atoms with van der Waals surface area (Å²) < 4.78 is 0. The number of aromatic amines is 2. The lowest BCUT2D eigenvalue weighted by Crippen LogP contribution is -2.19. The van der Waals surface area contributed by atoms with E-state index in [0.717, 1.165) is 38.8 Å². The van der Waals surface area contributed by atoms with Crippen molar-refractivity contribution in [2.75, 3.05) is 26.2 Å². The van der Waals surface area contributed by atoms with Crippen molar-refractivity contribution in [3.63, 3.8) is 0 Å². The van der Waals surface area contributed by atoms with Gasteiger partial charge >= 0.3 is 11.6 Å². The number of rotatable bonds is 17. The van der Waals surface area contributed by atoms with E-state index in [2.05, 4.69) is 30.6 Å². The zero-order valence-electron chi connectivity index (χ0n) is 18.9. The molecular formula is C20H34N8O4. The van der Waals surface area contributed by atoms with Crippen molar-refractivity contribution >= 4 is 11.6 Å². The van der Waals surface area contributed by atoms with E-state index >= 15 is 0 Å². The van der Waals surface area contributed by atoms with Gasteiger partial charge in [0, 0.05) is 39.8 Å². The van der Waals surface area contributed by atoms with Crippen molar-refractivity contribution < 1.29 is 9.85 Å². The summed E-state index contributed by atoms with van der Waals surface area (Å²) in [5.41, 5.74) is 1.01. The number of aryl methyl sites for hydroxylation is 2. The van der Waals surface area contributed by atoms with Gasteiger partial charge in [0.1, 0.15) is 11.4 Å². The number of imidazole rings is 2. The largest absolute Gasteiger partial charge is 0.358 e. The van der Waals surface area contributed by atoms with Crippen molar-refractivity contribution in [1.29, 1.82) is 0 Å². The minimum absolute atomic E-state index is 0.00339. The molecule has 0 radical (unpaired) electrons. The van der Waals surface area contributed by atoms with Crippen LogP contribution >= 0.6 is 0 Å². The highest BCUT2D eigenvalue weighted by Gasteiger charge is 2.17. The molecule has 2 aromatic rings. The minimum Gasteiger partial charge on any atom is -0.358 e. The standard InChI is InChI=1S/C20H34N8O4/c1-15-23-17(19(25-15)27(29)30)9-13-21-11-7-5-3-4-6-8-12-22-14-10-18-20(28(31)32)26-16(2)24-18/h21-22H,3-14H2,1-2H3,(H,23,25)(H,24,26). The molecule has 0 bridgehead atoms. The quantitative estimate of drug-likeness (QED) is 0.162. The van der Waals surface area contributed by atoms with Crippen molar-refractivity contribution in [3.05, 3.63) is 43.3 Å². The predicted octanol–water partition coefficient (Wildman–Crippen LogP) is 2.87. The molecule has 0 saturated heterocycles. The number of nitro groups is 2. The van der Waals surface area contributed by atoms with Gasteiger partial charge in [0.05, 0.1) is 0 Å². The Morgan fingerprint density at radius 2 is 1.06 bits per heavy atom. The summed E-state index contributed by atoms with van der Waals surface area (Å²) >= 11 is 0. The van der Waals surface area contributed by atoms with Crippen LogP contribution in [0.3, 0.4) is 0 Å². The van der Waals surface area contributed by atoms with Gasteiger partial charge in [-0.3, -0.25) is 0 Å². The van der Waals surface area contributed by atoms with Crippen molar-refractivity contribution in [3.8, 4) is 0 Å². The summed E-state index contributed by atoms with van der Waals surface area (Å²) in [4.78, 5) is 34.8. The molecule has 0 saturated carbocycles. The Kier molecular flexibility index (Phi) is 10.7. The van der Waals surface area contributed by atoms with E-state index in [1.54, 1.807) is 13.8 Å². The molecule has 0 aliphatic heterocycles. The van der Waals surface area contributed by atoms with E-state index in [0.29, 0.717) is 49.0 Å². The smallest absolute Gasteiger partial charge is 0.343 e. The molecule has 32 heavy (non-hydrogen) atoms. The molecule has 0 unspecified atom stereocenters. The van der Waals surface area contributed by atoms with Crippen LogP contribution in [0.2, 0.25) is 0 Å². The molecule has 0 aromatic carbocycles. The lowest BCUT2D eigenvalue weighted by atomic mass is 10.1. The first-order chi connectivity index (χ1) is 15.4. The number of nitrogens with zero attached hydrogens (tertiary/aromatic N) is 4. The highest BCUT2D eigenvalue weighted by molar-refractivity contribution is 5.28. The molecule has 12 heteroatoms. The molecule has 0 amide bonds. The van der Waals surface area contributed by atoms with E-state index in [-0.39, 0.29) is 11.6 Å². The minimum atomic E-state index is -0.420. The van der Waals surface area contributed by atoms with Crippen LogP contribution in [0.25, 0.3) is 0 Å². The van der Waals surface area contributed by atoms with Crippen LogP contribution in [-0.2, 0) is 12.8 Å². The fourth-order valence-corrected chi connectivity index (χ4v) is 3.58. The summed E-state index contributed by atoms with van der Waals surface area (Å²) in [5, 5.41) is 28.5. The van der Waals surface area contributed by atoms with Gasteiger partial charge < -0.3 is 30.9 Å². The molecule has 0 aliphatic rings. The molecular weight excluding hydrogens is 416 g/mol. The van der Waals surface area contributed by atoms with Crippen LogP contribution in [0.5, 0.6) is 0 Å². The number of hydrogen-bond donors (Lipinski definition) is 4. The number of unbranched alkanes of at least 4 members (excludes halogenated alkanes) is 5. The van der Waals surface area contributed by atoms with E-state index in [4.69, 9.17) is 0 Å². The molecule has 2 heterocycles. The first-order valence-electron chi connectivity index (χ1n) is 11.2. The molecule has 2 rings (SSSR count).